The quantitative estimate of drug-likeness (QED) is 0.523. The Bertz CT molecular complexity index is 1120. The lowest BCUT2D eigenvalue weighted by Crippen LogP contribution is -2.34. The molecule has 3 aromatic rings. The molecule has 1 unspecified atom stereocenters. The molecule has 0 bridgehead atoms. The first-order valence-electron chi connectivity index (χ1n) is 8.62. The summed E-state index contributed by atoms with van der Waals surface area (Å²) in [5, 5.41) is 12.9. The van der Waals surface area contributed by atoms with E-state index in [-0.39, 0.29) is 11.7 Å². The standard InChI is InChI=1S/C22H15NO3S/c24-16-6-8-19-14(10-16)9-13-3-1-2-4-18(13)22(19)20-7-5-15(23-12-27)11-17(20)21(25)26-22/h1-8,10-12,24H,9H2,(H,23,27). The molecular formula is C22H15NO3S. The third-order valence-corrected chi connectivity index (χ3v) is 5.45. The Labute approximate surface area is 161 Å². The molecule has 2 N–H and O–H groups in total. The third-order valence-electron chi connectivity index (χ3n) is 5.34. The van der Waals surface area contributed by atoms with Gasteiger partial charge in [0.05, 0.1) is 11.1 Å². The highest BCUT2D eigenvalue weighted by Gasteiger charge is 2.52. The fraction of sp³-hybridized carbons (Fsp3) is 0.0909. The van der Waals surface area contributed by atoms with E-state index in [1.807, 2.05) is 42.5 Å². The lowest BCUT2D eigenvalue weighted by Gasteiger charge is -2.37. The summed E-state index contributed by atoms with van der Waals surface area (Å²) in [5.74, 6) is -0.165. The van der Waals surface area contributed by atoms with E-state index < -0.39 is 5.60 Å². The topological polar surface area (TPSA) is 58.6 Å². The highest BCUT2D eigenvalue weighted by molar-refractivity contribution is 7.79. The van der Waals surface area contributed by atoms with Crippen LogP contribution in [-0.2, 0) is 16.8 Å². The Kier molecular flexibility index (Phi) is 3.36. The Morgan fingerprint density at radius 1 is 1.00 bits per heavy atom. The molecule has 1 spiro atoms. The summed E-state index contributed by atoms with van der Waals surface area (Å²) in [6.45, 7) is 0. The number of thiocarbonyl (C=S) groups is 1. The number of phenolic OH excluding ortho intramolecular Hbond substituents is 1. The van der Waals surface area contributed by atoms with E-state index in [2.05, 4.69) is 5.32 Å². The van der Waals surface area contributed by atoms with Crippen LogP contribution < -0.4 is 5.32 Å². The van der Waals surface area contributed by atoms with Gasteiger partial charge in [0.25, 0.3) is 0 Å². The van der Waals surface area contributed by atoms with Crippen molar-refractivity contribution >= 4 is 29.4 Å². The Morgan fingerprint density at radius 2 is 1.78 bits per heavy atom. The molecule has 0 radical (unpaired) electrons. The number of carbonyl (C=O) groups is 1. The van der Waals surface area contributed by atoms with Crippen molar-refractivity contribution in [3.8, 4) is 5.75 Å². The molecule has 4 nitrogen and oxygen atoms in total. The fourth-order valence-corrected chi connectivity index (χ4v) is 4.40. The second kappa shape index (κ2) is 5.66. The van der Waals surface area contributed by atoms with Crippen LogP contribution in [0.25, 0.3) is 0 Å². The van der Waals surface area contributed by atoms with Crippen LogP contribution in [0.4, 0.5) is 5.69 Å². The van der Waals surface area contributed by atoms with Crippen molar-refractivity contribution < 1.29 is 14.6 Å². The molecule has 0 fully saturated rings. The number of nitrogens with one attached hydrogen (secondary N) is 1. The van der Waals surface area contributed by atoms with Crippen LogP contribution in [-0.4, -0.2) is 16.6 Å². The molecule has 1 atom stereocenters. The summed E-state index contributed by atoms with van der Waals surface area (Å²) >= 11 is 4.85. The molecule has 1 aliphatic carbocycles. The molecule has 0 saturated heterocycles. The van der Waals surface area contributed by atoms with Crippen LogP contribution in [0.3, 0.4) is 0 Å². The van der Waals surface area contributed by atoms with Gasteiger partial charge < -0.3 is 15.2 Å². The van der Waals surface area contributed by atoms with E-state index in [9.17, 15) is 9.90 Å². The van der Waals surface area contributed by atoms with Crippen LogP contribution in [0.5, 0.6) is 5.75 Å². The van der Waals surface area contributed by atoms with Crippen molar-refractivity contribution in [1.82, 2.24) is 0 Å². The number of hydrogen-bond donors (Lipinski definition) is 2. The van der Waals surface area contributed by atoms with E-state index >= 15 is 0 Å². The SMILES string of the molecule is O=C1OC2(c3ccccc3Cc3cc(O)ccc32)c2ccc(NC=S)cc21. The predicted molar refractivity (Wildman–Crippen MR) is 106 cm³/mol. The second-order valence-corrected chi connectivity index (χ2v) is 7.00. The molecule has 5 rings (SSSR count). The van der Waals surface area contributed by atoms with Crippen molar-refractivity contribution in [2.45, 2.75) is 12.0 Å². The fourth-order valence-electron chi connectivity index (χ4n) is 4.27. The number of benzene rings is 3. The zero-order valence-electron chi connectivity index (χ0n) is 14.2. The van der Waals surface area contributed by atoms with Crippen molar-refractivity contribution in [2.24, 2.45) is 0 Å². The van der Waals surface area contributed by atoms with Crippen LogP contribution in [0.1, 0.15) is 38.2 Å². The molecule has 0 amide bonds. The molecular weight excluding hydrogens is 358 g/mol. The number of carbonyl (C=O) groups excluding carboxylic acids is 1. The first-order valence-corrected chi connectivity index (χ1v) is 9.09. The van der Waals surface area contributed by atoms with Gasteiger partial charge in [0.15, 0.2) is 5.60 Å². The monoisotopic (exact) mass is 373 g/mol. The Morgan fingerprint density at radius 3 is 2.63 bits per heavy atom. The van der Waals surface area contributed by atoms with Gasteiger partial charge in [-0.05, 0) is 41.8 Å². The number of esters is 1. The van der Waals surface area contributed by atoms with Gasteiger partial charge in [0.2, 0.25) is 0 Å². The average molecular weight is 373 g/mol. The zero-order chi connectivity index (χ0) is 18.6. The number of aromatic hydroxyl groups is 1. The zero-order valence-corrected chi connectivity index (χ0v) is 15.0. The van der Waals surface area contributed by atoms with E-state index in [4.69, 9.17) is 17.0 Å². The second-order valence-electron chi connectivity index (χ2n) is 6.77. The number of phenols is 1. The number of ether oxygens (including phenoxy) is 1. The molecule has 0 aromatic heterocycles. The number of hydrogen-bond acceptors (Lipinski definition) is 4. The predicted octanol–water partition coefficient (Wildman–Crippen LogP) is 4.13. The highest BCUT2D eigenvalue weighted by atomic mass is 32.1. The summed E-state index contributed by atoms with van der Waals surface area (Å²) in [6, 6.07) is 18.8. The van der Waals surface area contributed by atoms with E-state index in [0.717, 1.165) is 33.5 Å². The van der Waals surface area contributed by atoms with Crippen molar-refractivity contribution in [3.05, 3.63) is 94.0 Å². The maximum absolute atomic E-state index is 12.8. The first kappa shape index (κ1) is 16.0. The summed E-state index contributed by atoms with van der Waals surface area (Å²) in [7, 11) is 0. The maximum atomic E-state index is 12.8. The van der Waals surface area contributed by atoms with Gasteiger partial charge in [0.1, 0.15) is 5.75 Å². The Balaban J connectivity index is 1.84. The summed E-state index contributed by atoms with van der Waals surface area (Å²) in [5.41, 5.74) is 6.37. The molecule has 27 heavy (non-hydrogen) atoms. The number of fused-ring (bicyclic) bond motifs is 6. The lowest BCUT2D eigenvalue weighted by molar-refractivity contribution is 0.0241. The molecule has 132 valence electrons. The van der Waals surface area contributed by atoms with Crippen LogP contribution in [0.2, 0.25) is 0 Å². The van der Waals surface area contributed by atoms with Crippen molar-refractivity contribution in [1.29, 1.82) is 0 Å². The van der Waals surface area contributed by atoms with E-state index in [0.29, 0.717) is 12.0 Å². The lowest BCUT2D eigenvalue weighted by atomic mass is 9.71. The highest BCUT2D eigenvalue weighted by Crippen LogP contribution is 2.52. The van der Waals surface area contributed by atoms with Gasteiger partial charge in [-0.15, -0.1) is 0 Å². The minimum atomic E-state index is -1.000. The minimum absolute atomic E-state index is 0.202. The van der Waals surface area contributed by atoms with Crippen LogP contribution in [0.15, 0.2) is 60.7 Å². The van der Waals surface area contributed by atoms with Gasteiger partial charge in [-0.25, -0.2) is 4.79 Å². The maximum Gasteiger partial charge on any atom is 0.340 e. The first-order chi connectivity index (χ1) is 13.1. The molecule has 0 saturated carbocycles. The van der Waals surface area contributed by atoms with Gasteiger partial charge in [-0.1, -0.05) is 48.6 Å². The number of rotatable bonds is 2. The molecule has 1 heterocycles. The molecule has 2 aliphatic rings. The van der Waals surface area contributed by atoms with Crippen molar-refractivity contribution in [3.63, 3.8) is 0 Å². The minimum Gasteiger partial charge on any atom is -0.508 e. The molecule has 5 heteroatoms. The molecule has 3 aromatic carbocycles. The average Bonchev–Trinajstić information content (AvgIpc) is 2.95. The largest absolute Gasteiger partial charge is 0.508 e. The van der Waals surface area contributed by atoms with E-state index in [1.165, 1.54) is 5.49 Å². The van der Waals surface area contributed by atoms with Gasteiger partial charge in [-0.2, -0.15) is 0 Å². The Hall–Kier alpha value is -3.18. The van der Waals surface area contributed by atoms with Gasteiger partial charge >= 0.3 is 5.97 Å². The summed E-state index contributed by atoms with van der Waals surface area (Å²) < 4.78 is 6.10. The number of anilines is 1. The smallest absolute Gasteiger partial charge is 0.340 e. The van der Waals surface area contributed by atoms with E-state index in [1.54, 1.807) is 18.2 Å². The summed E-state index contributed by atoms with van der Waals surface area (Å²) in [6.07, 6.45) is 0.680. The summed E-state index contributed by atoms with van der Waals surface area (Å²) in [4.78, 5) is 12.8. The van der Waals surface area contributed by atoms with Crippen LogP contribution in [0, 0.1) is 0 Å². The van der Waals surface area contributed by atoms with Gasteiger partial charge in [0, 0.05) is 22.4 Å². The van der Waals surface area contributed by atoms with Gasteiger partial charge in [-0.3, -0.25) is 0 Å². The normalized spacial score (nSPS) is 19.0. The third kappa shape index (κ3) is 2.15. The van der Waals surface area contributed by atoms with Crippen LogP contribution >= 0.6 is 12.2 Å². The van der Waals surface area contributed by atoms with Crippen molar-refractivity contribution in [2.75, 3.05) is 5.32 Å². The molecule has 1 aliphatic heterocycles.